The van der Waals surface area contributed by atoms with Crippen LogP contribution in [-0.4, -0.2) is 19.6 Å². The highest BCUT2D eigenvalue weighted by Crippen LogP contribution is 2.39. The number of halogens is 4. The average Bonchev–Trinajstić information content (AvgIpc) is 3.02. The second kappa shape index (κ2) is 3.57. The van der Waals surface area contributed by atoms with Gasteiger partial charge in [-0.1, -0.05) is 11.6 Å². The Kier molecular flexibility index (Phi) is 2.32. The molecule has 1 fully saturated rings. The van der Waals surface area contributed by atoms with Gasteiger partial charge in [-0.15, -0.1) is 5.10 Å². The van der Waals surface area contributed by atoms with E-state index in [9.17, 15) is 13.2 Å². The average molecular weight is 277 g/mol. The predicted octanol–water partition coefficient (Wildman–Crippen LogP) is 2.98. The molecule has 0 N–H and O–H groups in total. The summed E-state index contributed by atoms with van der Waals surface area (Å²) in [6, 6.07) is 0. The third-order valence-corrected chi connectivity index (χ3v) is 3.32. The minimum absolute atomic E-state index is 0.0910. The molecule has 0 aromatic carbocycles. The van der Waals surface area contributed by atoms with Crippen LogP contribution >= 0.6 is 11.6 Å². The van der Waals surface area contributed by atoms with E-state index in [-0.39, 0.29) is 22.4 Å². The fourth-order valence-electron chi connectivity index (χ4n) is 1.75. The fraction of sp³-hybridized carbons (Fsp3) is 0.500. The Balaban J connectivity index is 2.25. The molecule has 1 aliphatic rings. The molecule has 0 bridgehead atoms. The maximum Gasteiger partial charge on any atom is 0.433 e. The number of hydrogen-bond acceptors (Lipinski definition) is 3. The molecule has 0 saturated heterocycles. The van der Waals surface area contributed by atoms with Crippen LogP contribution in [0.5, 0.6) is 0 Å². The van der Waals surface area contributed by atoms with Crippen LogP contribution in [-0.2, 0) is 6.18 Å². The molecule has 0 radical (unpaired) electrons. The SMILES string of the molecule is Cc1c(C(F)(F)F)nc2nc(C3CC3)nn2c1Cl. The van der Waals surface area contributed by atoms with E-state index in [4.69, 9.17) is 11.6 Å². The summed E-state index contributed by atoms with van der Waals surface area (Å²) in [5, 5.41) is 4.01. The fourth-order valence-corrected chi connectivity index (χ4v) is 1.96. The lowest BCUT2D eigenvalue weighted by Crippen LogP contribution is -2.13. The molecule has 0 spiro atoms. The van der Waals surface area contributed by atoms with Crippen LogP contribution in [0, 0.1) is 6.92 Å². The van der Waals surface area contributed by atoms with Crippen LogP contribution in [0.4, 0.5) is 13.2 Å². The van der Waals surface area contributed by atoms with Crippen molar-refractivity contribution in [3.05, 3.63) is 22.2 Å². The van der Waals surface area contributed by atoms with Crippen molar-refractivity contribution < 1.29 is 13.2 Å². The summed E-state index contributed by atoms with van der Waals surface area (Å²) in [5.41, 5.74) is -1.14. The van der Waals surface area contributed by atoms with Gasteiger partial charge in [-0.25, -0.2) is 4.98 Å². The van der Waals surface area contributed by atoms with Crippen LogP contribution in [0.25, 0.3) is 5.78 Å². The van der Waals surface area contributed by atoms with E-state index < -0.39 is 11.9 Å². The Morgan fingerprint density at radius 1 is 1.28 bits per heavy atom. The number of alkyl halides is 3. The van der Waals surface area contributed by atoms with Gasteiger partial charge in [0.2, 0.25) is 0 Å². The predicted molar refractivity (Wildman–Crippen MR) is 57.5 cm³/mol. The Hall–Kier alpha value is -1.37. The van der Waals surface area contributed by atoms with Crippen LogP contribution in [0.2, 0.25) is 5.15 Å². The third kappa shape index (κ3) is 1.73. The Labute approximate surface area is 105 Å². The summed E-state index contributed by atoms with van der Waals surface area (Å²) < 4.78 is 39.4. The van der Waals surface area contributed by atoms with Crippen LogP contribution in [0.15, 0.2) is 0 Å². The topological polar surface area (TPSA) is 43.1 Å². The monoisotopic (exact) mass is 276 g/mol. The van der Waals surface area contributed by atoms with E-state index in [2.05, 4.69) is 15.1 Å². The van der Waals surface area contributed by atoms with Gasteiger partial charge in [-0.2, -0.15) is 22.7 Å². The molecule has 1 aliphatic carbocycles. The molecule has 8 heteroatoms. The zero-order valence-electron chi connectivity index (χ0n) is 9.29. The van der Waals surface area contributed by atoms with Gasteiger partial charge in [0.1, 0.15) is 5.15 Å². The number of nitrogens with zero attached hydrogens (tertiary/aromatic N) is 4. The van der Waals surface area contributed by atoms with Crippen LogP contribution < -0.4 is 0 Å². The first kappa shape index (κ1) is 11.7. The first-order valence-corrected chi connectivity index (χ1v) is 5.75. The van der Waals surface area contributed by atoms with Crippen molar-refractivity contribution in [1.82, 2.24) is 19.6 Å². The second-order valence-corrected chi connectivity index (χ2v) is 4.69. The molecule has 0 unspecified atom stereocenters. The molecule has 96 valence electrons. The molecule has 2 aromatic heterocycles. The van der Waals surface area contributed by atoms with Gasteiger partial charge in [0, 0.05) is 11.5 Å². The van der Waals surface area contributed by atoms with E-state index in [0.717, 1.165) is 12.8 Å². The first-order chi connectivity index (χ1) is 8.38. The van der Waals surface area contributed by atoms with E-state index in [1.54, 1.807) is 0 Å². The van der Waals surface area contributed by atoms with Crippen molar-refractivity contribution in [3.63, 3.8) is 0 Å². The maximum absolute atomic E-state index is 12.8. The number of rotatable bonds is 1. The molecule has 2 aromatic rings. The summed E-state index contributed by atoms with van der Waals surface area (Å²) >= 11 is 5.90. The minimum Gasteiger partial charge on any atom is -0.206 e. The van der Waals surface area contributed by atoms with Crippen LogP contribution in [0.3, 0.4) is 0 Å². The van der Waals surface area contributed by atoms with E-state index in [0.29, 0.717) is 5.82 Å². The van der Waals surface area contributed by atoms with E-state index >= 15 is 0 Å². The van der Waals surface area contributed by atoms with Crippen molar-refractivity contribution in [1.29, 1.82) is 0 Å². The molecule has 3 rings (SSSR count). The van der Waals surface area contributed by atoms with Crippen molar-refractivity contribution in [2.75, 3.05) is 0 Å². The first-order valence-electron chi connectivity index (χ1n) is 5.38. The third-order valence-electron chi connectivity index (χ3n) is 2.88. The number of fused-ring (bicyclic) bond motifs is 1. The summed E-state index contributed by atoms with van der Waals surface area (Å²) in [6.07, 6.45) is -2.62. The smallest absolute Gasteiger partial charge is 0.206 e. The van der Waals surface area contributed by atoms with Gasteiger partial charge in [0.25, 0.3) is 5.78 Å². The van der Waals surface area contributed by atoms with Gasteiger partial charge in [0.05, 0.1) is 0 Å². The molecule has 2 heterocycles. The molecule has 0 aliphatic heterocycles. The van der Waals surface area contributed by atoms with Gasteiger partial charge >= 0.3 is 6.18 Å². The molecule has 0 amide bonds. The lowest BCUT2D eigenvalue weighted by molar-refractivity contribution is -0.141. The summed E-state index contributed by atoms with van der Waals surface area (Å²) in [4.78, 5) is 7.52. The van der Waals surface area contributed by atoms with Gasteiger partial charge < -0.3 is 0 Å². The quantitative estimate of drug-likeness (QED) is 0.752. The Bertz CT molecular complexity index is 630. The Morgan fingerprint density at radius 3 is 2.50 bits per heavy atom. The van der Waals surface area contributed by atoms with E-state index in [1.807, 2.05) is 0 Å². The van der Waals surface area contributed by atoms with Crippen molar-refractivity contribution in [2.24, 2.45) is 0 Å². The highest BCUT2D eigenvalue weighted by atomic mass is 35.5. The standard InChI is InChI=1S/C10H8ClF3N4/c1-4-6(10(12,13)14)15-9-16-8(5-2-3-5)17-18(9)7(4)11/h5H,2-3H2,1H3. The van der Waals surface area contributed by atoms with Crippen molar-refractivity contribution in [2.45, 2.75) is 31.9 Å². The summed E-state index contributed by atoms with van der Waals surface area (Å²) in [5.74, 6) is 0.653. The normalized spacial score (nSPS) is 16.5. The van der Waals surface area contributed by atoms with E-state index in [1.165, 1.54) is 11.4 Å². The zero-order valence-corrected chi connectivity index (χ0v) is 10.0. The zero-order chi connectivity index (χ0) is 13.1. The molecule has 1 saturated carbocycles. The molecular weight excluding hydrogens is 269 g/mol. The maximum atomic E-state index is 12.8. The molecule has 4 nitrogen and oxygen atoms in total. The highest BCUT2D eigenvalue weighted by Gasteiger charge is 2.37. The minimum atomic E-state index is -4.54. The van der Waals surface area contributed by atoms with Gasteiger partial charge in [-0.05, 0) is 19.8 Å². The largest absolute Gasteiger partial charge is 0.433 e. The van der Waals surface area contributed by atoms with Crippen molar-refractivity contribution >= 4 is 17.4 Å². The van der Waals surface area contributed by atoms with Crippen molar-refractivity contribution in [3.8, 4) is 0 Å². The second-order valence-electron chi connectivity index (χ2n) is 4.33. The highest BCUT2D eigenvalue weighted by molar-refractivity contribution is 6.30. The number of aromatic nitrogens is 4. The molecular formula is C10H8ClF3N4. The van der Waals surface area contributed by atoms with Gasteiger partial charge in [-0.3, -0.25) is 0 Å². The Morgan fingerprint density at radius 2 is 1.94 bits per heavy atom. The molecule has 18 heavy (non-hydrogen) atoms. The lowest BCUT2D eigenvalue weighted by Gasteiger charge is -2.10. The molecule has 0 atom stereocenters. The lowest BCUT2D eigenvalue weighted by atomic mass is 10.2. The number of hydrogen-bond donors (Lipinski definition) is 0. The summed E-state index contributed by atoms with van der Waals surface area (Å²) in [6.45, 7) is 1.27. The van der Waals surface area contributed by atoms with Gasteiger partial charge in [0.15, 0.2) is 11.5 Å². The summed E-state index contributed by atoms with van der Waals surface area (Å²) in [7, 11) is 0. The van der Waals surface area contributed by atoms with Crippen LogP contribution in [0.1, 0.15) is 35.8 Å².